The monoisotopic (exact) mass is 339 g/mol. The smallest absolute Gasteiger partial charge is 0.330 e. The second-order valence-corrected chi connectivity index (χ2v) is 5.40. The maximum absolute atomic E-state index is 11.7. The van der Waals surface area contributed by atoms with E-state index in [0.717, 1.165) is 12.8 Å². The molecule has 0 fully saturated rings. The molecule has 0 atom stereocenters. The summed E-state index contributed by atoms with van der Waals surface area (Å²) in [4.78, 5) is 23.1. The summed E-state index contributed by atoms with van der Waals surface area (Å²) in [5.74, 6) is -0.189. The molecule has 0 spiro atoms. The average molecular weight is 340 g/mol. The van der Waals surface area contributed by atoms with Gasteiger partial charge < -0.3 is 14.8 Å². The van der Waals surface area contributed by atoms with Crippen molar-refractivity contribution >= 4 is 35.2 Å². The second-order valence-electron chi connectivity index (χ2n) is 5.02. The number of methoxy groups -OCH3 is 1. The fourth-order valence-corrected chi connectivity index (χ4v) is 2.16. The lowest BCUT2D eigenvalue weighted by atomic mass is 10.1. The van der Waals surface area contributed by atoms with Crippen molar-refractivity contribution in [3.63, 3.8) is 0 Å². The predicted octanol–water partition coefficient (Wildman–Crippen LogP) is 3.97. The van der Waals surface area contributed by atoms with Gasteiger partial charge in [0.15, 0.2) is 0 Å². The normalized spacial score (nSPS) is 10.7. The number of hydrogen-bond donors (Lipinski definition) is 1. The Hall–Kier alpha value is -2.01. The Balaban J connectivity index is 3.09. The summed E-state index contributed by atoms with van der Waals surface area (Å²) < 4.78 is 10.3. The van der Waals surface area contributed by atoms with Crippen molar-refractivity contribution in [2.75, 3.05) is 19.0 Å². The lowest BCUT2D eigenvalue weighted by Gasteiger charge is -2.15. The highest BCUT2D eigenvalue weighted by molar-refractivity contribution is 6.33. The van der Waals surface area contributed by atoms with E-state index in [1.54, 1.807) is 19.1 Å². The lowest BCUT2D eigenvalue weighted by Crippen LogP contribution is -2.09. The van der Waals surface area contributed by atoms with Gasteiger partial charge in [-0.2, -0.15) is 0 Å². The van der Waals surface area contributed by atoms with Crippen molar-refractivity contribution in [3.8, 4) is 5.75 Å². The van der Waals surface area contributed by atoms with E-state index in [9.17, 15) is 9.59 Å². The minimum absolute atomic E-state index is 0.227. The average Bonchev–Trinajstić information content (AvgIpc) is 2.51. The molecular weight excluding hydrogens is 318 g/mol. The van der Waals surface area contributed by atoms with E-state index in [2.05, 4.69) is 5.32 Å². The molecule has 126 valence electrons. The van der Waals surface area contributed by atoms with Gasteiger partial charge in [0.05, 0.1) is 24.4 Å². The molecule has 0 unspecified atom stereocenters. The first-order valence-corrected chi connectivity index (χ1v) is 7.78. The number of rotatable bonds is 7. The molecule has 0 heterocycles. The van der Waals surface area contributed by atoms with Gasteiger partial charge in [0.25, 0.3) is 0 Å². The Morgan fingerprint density at radius 1 is 1.39 bits per heavy atom. The summed E-state index contributed by atoms with van der Waals surface area (Å²) in [5, 5.41) is 3.14. The third kappa shape index (κ3) is 5.60. The van der Waals surface area contributed by atoms with Crippen LogP contribution in [0.1, 0.15) is 37.8 Å². The molecule has 1 rings (SSSR count). The molecule has 1 aromatic rings. The van der Waals surface area contributed by atoms with Gasteiger partial charge in [-0.1, -0.05) is 24.9 Å². The SMILES string of the molecule is CCCCOC(=O)/C=C/c1cc(OC)c(Cl)c(C)c1NC(C)=O. The summed E-state index contributed by atoms with van der Waals surface area (Å²) >= 11 is 6.21. The molecule has 6 heteroatoms. The van der Waals surface area contributed by atoms with Crippen LogP contribution < -0.4 is 10.1 Å². The van der Waals surface area contributed by atoms with Crippen LogP contribution in [0, 0.1) is 6.92 Å². The van der Waals surface area contributed by atoms with Crippen LogP contribution >= 0.6 is 11.6 Å². The fourth-order valence-electron chi connectivity index (χ4n) is 1.93. The number of amides is 1. The van der Waals surface area contributed by atoms with Crippen molar-refractivity contribution in [2.45, 2.75) is 33.6 Å². The fraction of sp³-hybridized carbons (Fsp3) is 0.412. The molecule has 0 saturated carbocycles. The largest absolute Gasteiger partial charge is 0.495 e. The first-order chi connectivity index (χ1) is 10.9. The van der Waals surface area contributed by atoms with Crippen molar-refractivity contribution < 1.29 is 19.1 Å². The third-order valence-electron chi connectivity index (χ3n) is 3.16. The van der Waals surface area contributed by atoms with E-state index >= 15 is 0 Å². The molecule has 0 radical (unpaired) electrons. The summed E-state index contributed by atoms with van der Waals surface area (Å²) in [6.07, 6.45) is 4.68. The zero-order chi connectivity index (χ0) is 17.4. The van der Waals surface area contributed by atoms with Crippen LogP contribution in [-0.2, 0) is 14.3 Å². The van der Waals surface area contributed by atoms with Gasteiger partial charge >= 0.3 is 5.97 Å². The molecule has 0 aliphatic carbocycles. The first kappa shape index (κ1) is 19.0. The number of halogens is 1. The number of anilines is 1. The Kier molecular flexibility index (Phi) is 7.62. The maximum Gasteiger partial charge on any atom is 0.330 e. The lowest BCUT2D eigenvalue weighted by molar-refractivity contribution is -0.137. The molecule has 0 saturated heterocycles. The minimum Gasteiger partial charge on any atom is -0.495 e. The van der Waals surface area contributed by atoms with Crippen LogP contribution in [0.3, 0.4) is 0 Å². The van der Waals surface area contributed by atoms with Crippen LogP contribution in [0.2, 0.25) is 5.02 Å². The van der Waals surface area contributed by atoms with Gasteiger partial charge in [-0.3, -0.25) is 4.79 Å². The molecule has 0 bridgehead atoms. The molecule has 1 amide bonds. The van der Waals surface area contributed by atoms with Crippen molar-refractivity contribution in [3.05, 3.63) is 28.3 Å². The number of benzene rings is 1. The van der Waals surface area contributed by atoms with Crippen LogP contribution in [-0.4, -0.2) is 25.6 Å². The van der Waals surface area contributed by atoms with E-state index < -0.39 is 5.97 Å². The molecule has 0 aliphatic rings. The predicted molar refractivity (Wildman–Crippen MR) is 91.9 cm³/mol. The standard InChI is InChI=1S/C17H22ClNO4/c1-5-6-9-23-15(21)8-7-13-10-14(22-4)16(18)11(2)17(13)19-12(3)20/h7-8,10H,5-6,9H2,1-4H3,(H,19,20)/b8-7+. The number of hydrogen-bond acceptors (Lipinski definition) is 4. The van der Waals surface area contributed by atoms with E-state index in [-0.39, 0.29) is 5.91 Å². The second kappa shape index (κ2) is 9.20. The molecule has 1 aromatic carbocycles. The van der Waals surface area contributed by atoms with Gasteiger partial charge in [-0.15, -0.1) is 0 Å². The number of nitrogens with one attached hydrogen (secondary N) is 1. The summed E-state index contributed by atoms with van der Waals surface area (Å²) in [6, 6.07) is 1.66. The third-order valence-corrected chi connectivity index (χ3v) is 3.63. The number of carbonyl (C=O) groups is 2. The molecule has 0 aliphatic heterocycles. The van der Waals surface area contributed by atoms with E-state index in [4.69, 9.17) is 21.1 Å². The van der Waals surface area contributed by atoms with Crippen LogP contribution in [0.5, 0.6) is 5.75 Å². The van der Waals surface area contributed by atoms with E-state index in [1.165, 1.54) is 20.1 Å². The quantitative estimate of drug-likeness (QED) is 0.463. The molecule has 23 heavy (non-hydrogen) atoms. The van der Waals surface area contributed by atoms with Gasteiger partial charge in [0, 0.05) is 18.6 Å². The number of esters is 1. The van der Waals surface area contributed by atoms with E-state index in [0.29, 0.717) is 34.2 Å². The van der Waals surface area contributed by atoms with Crippen LogP contribution in [0.25, 0.3) is 6.08 Å². The highest BCUT2D eigenvalue weighted by Gasteiger charge is 2.14. The van der Waals surface area contributed by atoms with Gasteiger partial charge in [-0.25, -0.2) is 4.79 Å². The first-order valence-electron chi connectivity index (χ1n) is 7.40. The highest BCUT2D eigenvalue weighted by Crippen LogP contribution is 2.36. The van der Waals surface area contributed by atoms with E-state index in [1.807, 2.05) is 6.92 Å². The minimum atomic E-state index is -0.432. The van der Waals surface area contributed by atoms with Gasteiger partial charge in [-0.05, 0) is 31.1 Å². The zero-order valence-electron chi connectivity index (χ0n) is 13.9. The summed E-state index contributed by atoms with van der Waals surface area (Å²) in [6.45, 7) is 5.59. The Morgan fingerprint density at radius 2 is 2.09 bits per heavy atom. The van der Waals surface area contributed by atoms with Gasteiger partial charge in [0.2, 0.25) is 5.91 Å². The number of ether oxygens (including phenoxy) is 2. The summed E-state index contributed by atoms with van der Waals surface area (Å²) in [7, 11) is 1.51. The summed E-state index contributed by atoms with van der Waals surface area (Å²) in [5.41, 5.74) is 1.83. The topological polar surface area (TPSA) is 64.6 Å². The molecular formula is C17H22ClNO4. The van der Waals surface area contributed by atoms with Crippen molar-refractivity contribution in [1.82, 2.24) is 0 Å². The Labute approximate surface area is 141 Å². The van der Waals surface area contributed by atoms with Gasteiger partial charge in [0.1, 0.15) is 5.75 Å². The van der Waals surface area contributed by atoms with Crippen molar-refractivity contribution in [2.24, 2.45) is 0 Å². The molecule has 5 nitrogen and oxygen atoms in total. The zero-order valence-corrected chi connectivity index (χ0v) is 14.6. The maximum atomic E-state index is 11.7. The molecule has 1 N–H and O–H groups in total. The Morgan fingerprint density at radius 3 is 2.65 bits per heavy atom. The number of unbranched alkanes of at least 4 members (excludes halogenated alkanes) is 1. The van der Waals surface area contributed by atoms with Crippen molar-refractivity contribution in [1.29, 1.82) is 0 Å². The van der Waals surface area contributed by atoms with Crippen LogP contribution in [0.4, 0.5) is 5.69 Å². The highest BCUT2D eigenvalue weighted by atomic mass is 35.5. The number of carbonyl (C=O) groups excluding carboxylic acids is 2. The molecule has 0 aromatic heterocycles. The van der Waals surface area contributed by atoms with Crippen LogP contribution in [0.15, 0.2) is 12.1 Å². The Bertz CT molecular complexity index is 611.